The van der Waals surface area contributed by atoms with Crippen LogP contribution in [0.25, 0.3) is 10.9 Å². The first-order valence-corrected chi connectivity index (χ1v) is 10.9. The van der Waals surface area contributed by atoms with Crippen molar-refractivity contribution in [3.8, 4) is 0 Å². The van der Waals surface area contributed by atoms with Crippen molar-refractivity contribution < 1.29 is 13.2 Å². The van der Waals surface area contributed by atoms with E-state index in [4.69, 9.17) is 0 Å². The highest BCUT2D eigenvalue weighted by Gasteiger charge is 2.28. The average molecular weight is 375 g/mol. The number of hydrogen-bond donors (Lipinski definition) is 2. The van der Waals surface area contributed by atoms with Gasteiger partial charge in [0, 0.05) is 30.7 Å². The van der Waals surface area contributed by atoms with Crippen molar-refractivity contribution >= 4 is 26.8 Å². The van der Waals surface area contributed by atoms with E-state index in [1.807, 2.05) is 12.1 Å². The molecule has 140 valence electrons. The monoisotopic (exact) mass is 375 g/mol. The molecule has 2 aromatic rings. The van der Waals surface area contributed by atoms with E-state index in [1.54, 1.807) is 0 Å². The van der Waals surface area contributed by atoms with E-state index in [0.717, 1.165) is 23.7 Å². The van der Waals surface area contributed by atoms with E-state index < -0.39 is 10.0 Å². The summed E-state index contributed by atoms with van der Waals surface area (Å²) in [5, 5.41) is 4.02. The second kappa shape index (κ2) is 6.70. The van der Waals surface area contributed by atoms with Gasteiger partial charge in [-0.2, -0.15) is 0 Å². The number of sulfonamides is 1. The summed E-state index contributed by atoms with van der Waals surface area (Å²) in [6.45, 7) is 3.48. The number of nitrogens with one attached hydrogen (secondary N) is 2. The van der Waals surface area contributed by atoms with Gasteiger partial charge in [-0.3, -0.25) is 4.79 Å². The summed E-state index contributed by atoms with van der Waals surface area (Å²) in [4.78, 5) is 16.1. The normalized spacial score (nSPS) is 22.4. The van der Waals surface area contributed by atoms with Crippen molar-refractivity contribution in [1.82, 2.24) is 14.6 Å². The molecule has 1 atom stereocenters. The second-order valence-electron chi connectivity index (χ2n) is 7.48. The standard InChI is InChI=1S/C19H25N3O3S/c1-13-6-7-17-16(12-13)14-4-2-5-15(18(14)21-17)19(23)20-8-10-22-9-3-11-26(22,24)25/h2,4-5,13,21H,3,6-12H2,1H3,(H,20,23)/t13-/m1/s1. The van der Waals surface area contributed by atoms with Crippen molar-refractivity contribution in [3.05, 3.63) is 35.0 Å². The highest BCUT2D eigenvalue weighted by molar-refractivity contribution is 7.89. The number of hydrogen-bond acceptors (Lipinski definition) is 3. The van der Waals surface area contributed by atoms with Gasteiger partial charge in [-0.05, 0) is 43.2 Å². The largest absolute Gasteiger partial charge is 0.358 e. The Morgan fingerprint density at radius 2 is 2.23 bits per heavy atom. The summed E-state index contributed by atoms with van der Waals surface area (Å²) in [6.07, 6.45) is 3.92. The van der Waals surface area contributed by atoms with Crippen LogP contribution in [0.3, 0.4) is 0 Å². The van der Waals surface area contributed by atoms with Gasteiger partial charge < -0.3 is 10.3 Å². The van der Waals surface area contributed by atoms with Gasteiger partial charge in [-0.1, -0.05) is 19.1 Å². The molecule has 2 aliphatic rings. The predicted octanol–water partition coefficient (Wildman–Crippen LogP) is 2.06. The minimum Gasteiger partial charge on any atom is -0.358 e. The van der Waals surface area contributed by atoms with Crippen LogP contribution in [0.15, 0.2) is 18.2 Å². The van der Waals surface area contributed by atoms with Gasteiger partial charge in [0.15, 0.2) is 0 Å². The number of amides is 1. The quantitative estimate of drug-likeness (QED) is 0.858. The Balaban J connectivity index is 1.50. The highest BCUT2D eigenvalue weighted by atomic mass is 32.2. The van der Waals surface area contributed by atoms with E-state index in [-0.39, 0.29) is 11.7 Å². The number of H-pyrrole nitrogens is 1. The van der Waals surface area contributed by atoms with Crippen LogP contribution in [-0.4, -0.2) is 49.0 Å². The molecule has 0 saturated carbocycles. The van der Waals surface area contributed by atoms with Crippen LogP contribution in [0.1, 0.15) is 41.4 Å². The first-order valence-electron chi connectivity index (χ1n) is 9.34. The lowest BCUT2D eigenvalue weighted by Crippen LogP contribution is -2.35. The van der Waals surface area contributed by atoms with Crippen molar-refractivity contribution in [1.29, 1.82) is 0 Å². The molecule has 0 unspecified atom stereocenters. The Kier molecular flexibility index (Phi) is 4.52. The number of rotatable bonds is 4. The number of aryl methyl sites for hydroxylation is 1. The van der Waals surface area contributed by atoms with Gasteiger partial charge in [-0.15, -0.1) is 0 Å². The van der Waals surface area contributed by atoms with Crippen LogP contribution in [0.2, 0.25) is 0 Å². The molecule has 0 spiro atoms. The Morgan fingerprint density at radius 3 is 3.00 bits per heavy atom. The lowest BCUT2D eigenvalue weighted by Gasteiger charge is -2.17. The molecule has 1 aliphatic heterocycles. The van der Waals surface area contributed by atoms with Crippen LogP contribution in [0, 0.1) is 5.92 Å². The molecule has 1 amide bonds. The average Bonchev–Trinajstić information content (AvgIpc) is 3.14. The maximum Gasteiger partial charge on any atom is 0.253 e. The molecule has 2 heterocycles. The fraction of sp³-hybridized carbons (Fsp3) is 0.526. The molecule has 4 rings (SSSR count). The zero-order valence-electron chi connectivity index (χ0n) is 15.0. The number of benzene rings is 1. The van der Waals surface area contributed by atoms with Crippen molar-refractivity contribution in [2.75, 3.05) is 25.4 Å². The number of para-hydroxylation sites is 1. The Labute approximate surface area is 154 Å². The Hall–Kier alpha value is -1.86. The molecule has 0 bridgehead atoms. The first kappa shape index (κ1) is 17.5. The number of carbonyl (C=O) groups excluding carboxylic acids is 1. The van der Waals surface area contributed by atoms with Crippen molar-refractivity contribution in [2.45, 2.75) is 32.6 Å². The molecule has 26 heavy (non-hydrogen) atoms. The molecule has 1 aromatic heterocycles. The van der Waals surface area contributed by atoms with Crippen molar-refractivity contribution in [2.24, 2.45) is 5.92 Å². The molecule has 7 heteroatoms. The summed E-state index contributed by atoms with van der Waals surface area (Å²) < 4.78 is 25.1. The van der Waals surface area contributed by atoms with Crippen molar-refractivity contribution in [3.63, 3.8) is 0 Å². The Bertz CT molecular complexity index is 948. The molecule has 1 aliphatic carbocycles. The second-order valence-corrected chi connectivity index (χ2v) is 9.57. The molecular formula is C19H25N3O3S. The summed E-state index contributed by atoms with van der Waals surface area (Å²) in [5.41, 5.74) is 4.13. The third-order valence-corrected chi connectivity index (χ3v) is 7.52. The lowest BCUT2D eigenvalue weighted by molar-refractivity contribution is 0.0953. The number of nitrogens with zero attached hydrogens (tertiary/aromatic N) is 1. The smallest absolute Gasteiger partial charge is 0.253 e. The third-order valence-electron chi connectivity index (χ3n) is 5.56. The van der Waals surface area contributed by atoms with Crippen LogP contribution >= 0.6 is 0 Å². The predicted molar refractivity (Wildman–Crippen MR) is 102 cm³/mol. The number of fused-ring (bicyclic) bond motifs is 3. The van der Waals surface area contributed by atoms with Gasteiger partial charge in [0.25, 0.3) is 5.91 Å². The molecule has 1 aromatic carbocycles. The van der Waals surface area contributed by atoms with Gasteiger partial charge in [0.1, 0.15) is 0 Å². The van der Waals surface area contributed by atoms with Crippen LogP contribution in [0.5, 0.6) is 0 Å². The topological polar surface area (TPSA) is 82.3 Å². The molecule has 6 nitrogen and oxygen atoms in total. The lowest BCUT2D eigenvalue weighted by atomic mass is 9.87. The van der Waals surface area contributed by atoms with Gasteiger partial charge in [-0.25, -0.2) is 12.7 Å². The van der Waals surface area contributed by atoms with Gasteiger partial charge in [0.05, 0.1) is 16.8 Å². The summed E-state index contributed by atoms with van der Waals surface area (Å²) in [7, 11) is -3.12. The maximum atomic E-state index is 12.7. The fourth-order valence-corrected chi connectivity index (χ4v) is 5.66. The minimum atomic E-state index is -3.12. The van der Waals surface area contributed by atoms with E-state index in [0.29, 0.717) is 37.5 Å². The fourth-order valence-electron chi connectivity index (χ4n) is 4.14. The van der Waals surface area contributed by atoms with E-state index in [9.17, 15) is 13.2 Å². The van der Waals surface area contributed by atoms with E-state index in [2.05, 4.69) is 23.3 Å². The third kappa shape index (κ3) is 3.14. The summed E-state index contributed by atoms with van der Waals surface area (Å²) >= 11 is 0. The number of carbonyl (C=O) groups is 1. The number of aromatic amines is 1. The molecule has 1 saturated heterocycles. The minimum absolute atomic E-state index is 0.154. The van der Waals surface area contributed by atoms with E-state index >= 15 is 0 Å². The molecular weight excluding hydrogens is 350 g/mol. The van der Waals surface area contributed by atoms with Crippen LogP contribution < -0.4 is 5.32 Å². The zero-order valence-corrected chi connectivity index (χ0v) is 15.9. The number of aromatic nitrogens is 1. The van der Waals surface area contributed by atoms with E-state index in [1.165, 1.54) is 22.0 Å². The molecule has 0 radical (unpaired) electrons. The molecule has 2 N–H and O–H groups in total. The Morgan fingerprint density at radius 1 is 1.38 bits per heavy atom. The maximum absolute atomic E-state index is 12.7. The zero-order chi connectivity index (χ0) is 18.3. The van der Waals surface area contributed by atoms with Crippen LogP contribution in [-0.2, 0) is 22.9 Å². The first-order chi connectivity index (χ1) is 12.5. The summed E-state index contributed by atoms with van der Waals surface area (Å²) in [6, 6.07) is 5.83. The molecule has 1 fully saturated rings. The highest BCUT2D eigenvalue weighted by Crippen LogP contribution is 2.32. The SMILES string of the molecule is C[C@@H]1CCc2[nH]c3c(C(=O)NCCN4CCCS4(=O)=O)cccc3c2C1. The van der Waals surface area contributed by atoms with Crippen LogP contribution in [0.4, 0.5) is 0 Å². The van der Waals surface area contributed by atoms with Gasteiger partial charge in [0.2, 0.25) is 10.0 Å². The van der Waals surface area contributed by atoms with Gasteiger partial charge >= 0.3 is 0 Å². The summed E-state index contributed by atoms with van der Waals surface area (Å²) in [5.74, 6) is 0.729.